The van der Waals surface area contributed by atoms with Gasteiger partial charge in [-0.3, -0.25) is 15.0 Å². The van der Waals surface area contributed by atoms with E-state index in [0.717, 1.165) is 5.69 Å². The highest BCUT2D eigenvalue weighted by Gasteiger charge is 2.54. The quantitative estimate of drug-likeness (QED) is 0.152. The largest absolute Gasteiger partial charge is 0.264 e. The fourth-order valence-corrected chi connectivity index (χ4v) is 17.2. The zero-order valence-corrected chi connectivity index (χ0v) is 95.7. The minimum absolute atomic E-state index is 0.306. The topological polar surface area (TPSA) is 38.7 Å². The maximum absolute atomic E-state index is 5.01. The van der Waals surface area contributed by atoms with Gasteiger partial charge in [-0.25, -0.2) is 0 Å². The van der Waals surface area contributed by atoms with Crippen molar-refractivity contribution in [1.82, 2.24) is 15.0 Å². The van der Waals surface area contributed by atoms with E-state index in [1.807, 2.05) is 191 Å². The maximum Gasteiger partial charge on any atom is 0.0898 e. The molecule has 0 bridgehead atoms. The number of rotatable bonds is 0. The van der Waals surface area contributed by atoms with E-state index in [0.29, 0.717) is 0 Å². The Kier molecular flexibility index (Phi) is 72.9. The highest BCUT2D eigenvalue weighted by molar-refractivity contribution is 6.10. The minimum Gasteiger partial charge on any atom is -0.264 e. The lowest BCUT2D eigenvalue weighted by molar-refractivity contribution is 0.742. The summed E-state index contributed by atoms with van der Waals surface area (Å²) in [5, 5.41) is 7.96. The fraction of sp³-hybridized carbons (Fsp3) is 0.400. The predicted molar refractivity (Wildman–Crippen MR) is 634 cm³/mol. The van der Waals surface area contributed by atoms with Gasteiger partial charge in [-0.15, -0.1) is 0 Å². The van der Waals surface area contributed by atoms with Crippen molar-refractivity contribution in [3.63, 3.8) is 0 Å². The molecule has 0 saturated heterocycles. The van der Waals surface area contributed by atoms with Gasteiger partial charge in [-0.05, 0) is 167 Å². The summed E-state index contributed by atoms with van der Waals surface area (Å²) in [6.45, 7) is 86.2. The molecule has 0 saturated carbocycles. The van der Waals surface area contributed by atoms with Crippen LogP contribution in [0.4, 0.5) is 0 Å². The van der Waals surface area contributed by atoms with Gasteiger partial charge in [0.2, 0.25) is 0 Å². The smallest absolute Gasteiger partial charge is 0.0898 e. The van der Waals surface area contributed by atoms with Gasteiger partial charge in [-0.2, -0.15) is 0 Å². The summed E-state index contributed by atoms with van der Waals surface area (Å²) in [7, 11) is 0. The summed E-state index contributed by atoms with van der Waals surface area (Å²) in [5.41, 5.74) is 30.6. The first-order valence-electron chi connectivity index (χ1n) is 54.9. The van der Waals surface area contributed by atoms with Gasteiger partial charge in [-0.1, -0.05) is 609 Å². The first-order valence-corrected chi connectivity index (χ1v) is 54.9. The average molecular weight is 1860 g/mol. The predicted octanol–water partition coefficient (Wildman–Crippen LogP) is 44.8. The highest BCUT2D eigenvalue weighted by atomic mass is 14.7. The molecule has 3 aromatic heterocycles. The summed E-state index contributed by atoms with van der Waals surface area (Å²) in [6.07, 6.45) is 21.2. The van der Waals surface area contributed by atoms with Crippen LogP contribution in [0.2, 0.25) is 0 Å². The first kappa shape index (κ1) is 131. The van der Waals surface area contributed by atoms with E-state index in [1.54, 1.807) is 0 Å². The molecule has 21 rings (SSSR count). The maximum atomic E-state index is 5.01. The van der Waals surface area contributed by atoms with E-state index in [2.05, 4.69) is 420 Å². The molecule has 750 valence electrons. The number of aromatic nitrogens is 3. The van der Waals surface area contributed by atoms with Crippen LogP contribution in [0.25, 0.3) is 99.1 Å². The van der Waals surface area contributed by atoms with E-state index in [9.17, 15) is 0 Å². The van der Waals surface area contributed by atoms with Crippen LogP contribution in [0.5, 0.6) is 0 Å². The van der Waals surface area contributed by atoms with E-state index < -0.39 is 0 Å². The Morgan fingerprint density at radius 1 is 0.152 bits per heavy atom. The van der Waals surface area contributed by atoms with Crippen LogP contribution in [0.15, 0.2) is 310 Å². The lowest BCUT2D eigenvalue weighted by Gasteiger charge is -2.39. The number of hydrogen-bond donors (Lipinski definition) is 0. The van der Waals surface area contributed by atoms with E-state index in [1.165, 1.54) is 218 Å². The molecule has 6 aliphatic rings. The van der Waals surface area contributed by atoms with Crippen LogP contribution in [-0.2, 0) is 16.2 Å². The van der Waals surface area contributed by atoms with E-state index in [4.69, 9.17) is 4.98 Å². The van der Waals surface area contributed by atoms with Gasteiger partial charge >= 0.3 is 0 Å². The Labute approximate surface area is 850 Å². The lowest BCUT2D eigenvalue weighted by atomic mass is 9.61. The standard InChI is InChI=1S/3C28H17N.9C3H8.12C2H6/c1-3-14-23-19(10-1)21-12-5-8-18-9-6-16-25(26(18)21)28(23)24-15-4-2-11-20(24)22-13-7-17-29-27(22)28;1-3-12-23-19(9-1)21-15-16-29-17-26(21)28(23)24-13-4-2-10-20(24)22-11-5-7-18-8-6-14-25(28)27(18)22;1-3-12-23-19(9-1)21-11-5-7-18-8-6-14-26(27(18)21)28(23)24-13-4-2-10-20(24)22-17-29-16-15-25(22)28;9*1-3-2;12*1-2/h3*1-17H;9*3H2,1-2H3;12*1-2H3. The summed E-state index contributed by atoms with van der Waals surface area (Å²) >= 11 is 0. The van der Waals surface area contributed by atoms with Crippen LogP contribution in [0, 0.1) is 0 Å². The molecule has 0 radical (unpaired) electrons. The van der Waals surface area contributed by atoms with Crippen molar-refractivity contribution in [1.29, 1.82) is 0 Å². The normalized spacial score (nSPS) is 12.9. The van der Waals surface area contributed by atoms with Gasteiger partial charge in [0.1, 0.15) is 0 Å². The second kappa shape index (κ2) is 76.8. The van der Waals surface area contributed by atoms with Crippen LogP contribution in [-0.4, -0.2) is 15.0 Å². The molecule has 3 atom stereocenters. The molecule has 3 unspecified atom stereocenters. The molecule has 3 nitrogen and oxygen atoms in total. The number of pyridine rings is 3. The monoisotopic (exact) mass is 1860 g/mol. The van der Waals surface area contributed by atoms with Gasteiger partial charge in [0, 0.05) is 42.1 Å². The molecule has 0 amide bonds. The summed E-state index contributed by atoms with van der Waals surface area (Å²) in [5.74, 6) is 0. The Morgan fingerprint density at radius 2 is 0.341 bits per heavy atom. The first-order chi connectivity index (χ1) is 67.9. The summed E-state index contributed by atoms with van der Waals surface area (Å²) < 4.78 is 0. The Balaban J connectivity index is -0.00000160. The van der Waals surface area contributed by atoms with Crippen LogP contribution >= 0.6 is 0 Å². The Morgan fingerprint density at radius 3 is 0.638 bits per heavy atom. The Hall–Kier alpha value is -11.1. The SMILES string of the molecule is CC.CC.CC.CC.CC.CC.CC.CC.CC.CC.CC.CC.CCC.CCC.CCC.CCC.CCC.CCC.CCC.CCC.CCC.c1ccc2c(c1)-c1cccnc1C21c2ccccc2-c2cccc3cccc1c23.c1ccc2c(c1)-c1ccncc1C21c2ccccc2-c2cccc3cccc1c23.c1ccc2c(c1)-c1cnccc1C21c2ccccc2-c2cccc3cccc1c23. The van der Waals surface area contributed by atoms with Gasteiger partial charge < -0.3 is 0 Å². The van der Waals surface area contributed by atoms with Crippen molar-refractivity contribution in [3.8, 4) is 66.8 Å². The molecular formula is C135H195N3. The molecule has 138 heavy (non-hydrogen) atoms. The highest BCUT2D eigenvalue weighted by Crippen LogP contribution is 2.65. The number of benzene rings is 12. The van der Waals surface area contributed by atoms with Crippen molar-refractivity contribution in [2.75, 3.05) is 0 Å². The molecule has 3 heteroatoms. The number of fused-ring (bicyclic) bond motifs is 27. The van der Waals surface area contributed by atoms with Gasteiger partial charge in [0.15, 0.2) is 0 Å². The van der Waals surface area contributed by atoms with Crippen molar-refractivity contribution >= 4 is 32.3 Å². The van der Waals surface area contributed by atoms with Crippen molar-refractivity contribution in [3.05, 3.63) is 377 Å². The second-order valence-electron chi connectivity index (χ2n) is 30.3. The molecule has 3 spiro atoms. The van der Waals surface area contributed by atoms with Crippen LogP contribution in [0.1, 0.15) is 415 Å². The van der Waals surface area contributed by atoms with E-state index in [-0.39, 0.29) is 16.2 Å². The van der Waals surface area contributed by atoms with Crippen LogP contribution < -0.4 is 0 Å². The van der Waals surface area contributed by atoms with Crippen molar-refractivity contribution in [2.45, 2.75) is 365 Å². The Bertz CT molecular complexity index is 4920. The third-order valence-corrected chi connectivity index (χ3v) is 20.3. The average Bonchev–Trinajstić information content (AvgIpc) is 1.46. The zero-order chi connectivity index (χ0) is 105. The minimum atomic E-state index is -0.377. The summed E-state index contributed by atoms with van der Waals surface area (Å²) in [4.78, 5) is 14.1. The van der Waals surface area contributed by atoms with Crippen molar-refractivity contribution < 1.29 is 0 Å². The number of nitrogens with zero attached hydrogens (tertiary/aromatic N) is 3. The molecule has 6 aliphatic carbocycles. The lowest BCUT2D eigenvalue weighted by Crippen LogP contribution is -2.32. The van der Waals surface area contributed by atoms with E-state index >= 15 is 0 Å². The molecule has 15 aromatic rings. The summed E-state index contributed by atoms with van der Waals surface area (Å²) in [6, 6.07) is 102. The molecule has 0 N–H and O–H groups in total. The zero-order valence-electron chi connectivity index (χ0n) is 95.7. The third-order valence-electron chi connectivity index (χ3n) is 20.3. The molecule has 12 aromatic carbocycles. The fourth-order valence-electron chi connectivity index (χ4n) is 17.2. The molecular weight excluding hydrogens is 1660 g/mol. The van der Waals surface area contributed by atoms with Gasteiger partial charge in [0.25, 0.3) is 0 Å². The van der Waals surface area contributed by atoms with Gasteiger partial charge in [0.05, 0.1) is 21.9 Å². The van der Waals surface area contributed by atoms with Crippen molar-refractivity contribution in [2.24, 2.45) is 0 Å². The molecule has 0 aliphatic heterocycles. The van der Waals surface area contributed by atoms with Crippen LogP contribution in [0.3, 0.4) is 0 Å². The molecule has 3 heterocycles. The number of hydrogen-bond acceptors (Lipinski definition) is 3. The molecule has 0 fully saturated rings. The second-order valence-corrected chi connectivity index (χ2v) is 30.3. The third kappa shape index (κ3) is 29.3.